The van der Waals surface area contributed by atoms with E-state index >= 15 is 0 Å². The molecule has 0 spiro atoms. The SMILES string of the molecule is N#C/C(=C/NCCCNC=O)C(=O)NCc1ccc(Cl)cc1. The first kappa shape index (κ1) is 17.5. The molecule has 0 radical (unpaired) electrons. The molecule has 0 heterocycles. The Morgan fingerprint density at radius 1 is 1.23 bits per heavy atom. The molecule has 7 heteroatoms. The van der Waals surface area contributed by atoms with Crippen LogP contribution in [0.3, 0.4) is 0 Å². The number of hydrogen-bond acceptors (Lipinski definition) is 4. The van der Waals surface area contributed by atoms with Crippen LogP contribution in [-0.2, 0) is 16.1 Å². The standard InChI is InChI=1S/C15H17ClN4O2/c16-14-4-2-12(3-5-14)9-20-15(22)13(8-17)10-18-6-1-7-19-11-21/h2-5,10-11,18H,1,6-7,9H2,(H,19,21)(H,20,22)/b13-10-. The van der Waals surface area contributed by atoms with E-state index < -0.39 is 5.91 Å². The van der Waals surface area contributed by atoms with Crippen molar-refractivity contribution in [2.75, 3.05) is 13.1 Å². The highest BCUT2D eigenvalue weighted by molar-refractivity contribution is 6.30. The van der Waals surface area contributed by atoms with Crippen molar-refractivity contribution in [1.29, 1.82) is 5.26 Å². The van der Waals surface area contributed by atoms with Gasteiger partial charge in [-0.2, -0.15) is 5.26 Å². The Bertz CT molecular complexity index is 564. The Morgan fingerprint density at radius 2 is 1.91 bits per heavy atom. The molecule has 6 nitrogen and oxygen atoms in total. The molecule has 3 N–H and O–H groups in total. The lowest BCUT2D eigenvalue weighted by Gasteiger charge is -2.05. The van der Waals surface area contributed by atoms with Crippen LogP contribution in [0.1, 0.15) is 12.0 Å². The molecule has 0 fully saturated rings. The van der Waals surface area contributed by atoms with E-state index in [1.54, 1.807) is 24.3 Å². The molecule has 0 bridgehead atoms. The van der Waals surface area contributed by atoms with Crippen LogP contribution in [0.25, 0.3) is 0 Å². The van der Waals surface area contributed by atoms with Crippen LogP contribution in [0.5, 0.6) is 0 Å². The topological polar surface area (TPSA) is 94.0 Å². The summed E-state index contributed by atoms with van der Waals surface area (Å²) >= 11 is 5.78. The van der Waals surface area contributed by atoms with Gasteiger partial charge in [-0.25, -0.2) is 0 Å². The average molecular weight is 321 g/mol. The van der Waals surface area contributed by atoms with Crippen LogP contribution in [0.15, 0.2) is 36.0 Å². The Balaban J connectivity index is 2.38. The van der Waals surface area contributed by atoms with Crippen molar-refractivity contribution in [2.45, 2.75) is 13.0 Å². The highest BCUT2D eigenvalue weighted by Gasteiger charge is 2.07. The lowest BCUT2D eigenvalue weighted by Crippen LogP contribution is -2.25. The molecule has 0 aliphatic carbocycles. The molecule has 116 valence electrons. The van der Waals surface area contributed by atoms with Crippen LogP contribution in [-0.4, -0.2) is 25.4 Å². The van der Waals surface area contributed by atoms with Gasteiger partial charge in [0.2, 0.25) is 6.41 Å². The number of hydrogen-bond donors (Lipinski definition) is 3. The smallest absolute Gasteiger partial charge is 0.263 e. The summed E-state index contributed by atoms with van der Waals surface area (Å²) in [6, 6.07) is 8.92. The number of nitrogens with zero attached hydrogens (tertiary/aromatic N) is 1. The van der Waals surface area contributed by atoms with Crippen LogP contribution in [0.2, 0.25) is 5.02 Å². The molecule has 0 aliphatic heterocycles. The summed E-state index contributed by atoms with van der Waals surface area (Å²) in [6.07, 6.45) is 2.69. The monoisotopic (exact) mass is 320 g/mol. The van der Waals surface area contributed by atoms with E-state index in [1.807, 2.05) is 6.07 Å². The number of carbonyl (C=O) groups excluding carboxylic acids is 2. The maximum Gasteiger partial charge on any atom is 0.263 e. The third-order valence-corrected chi connectivity index (χ3v) is 2.96. The highest BCUT2D eigenvalue weighted by Crippen LogP contribution is 2.09. The molecule has 0 aliphatic rings. The summed E-state index contributed by atoms with van der Waals surface area (Å²) in [6.45, 7) is 1.41. The van der Waals surface area contributed by atoms with Crippen LogP contribution in [0, 0.1) is 11.3 Å². The number of carbonyl (C=O) groups is 2. The third kappa shape index (κ3) is 6.77. The molecule has 0 saturated heterocycles. The van der Waals surface area contributed by atoms with Gasteiger partial charge in [-0.05, 0) is 24.1 Å². The van der Waals surface area contributed by atoms with Gasteiger partial charge in [0.25, 0.3) is 5.91 Å². The van der Waals surface area contributed by atoms with Crippen molar-refractivity contribution in [3.63, 3.8) is 0 Å². The maximum atomic E-state index is 11.9. The van der Waals surface area contributed by atoms with E-state index in [0.29, 0.717) is 37.5 Å². The zero-order valence-electron chi connectivity index (χ0n) is 11.9. The third-order valence-electron chi connectivity index (χ3n) is 2.70. The minimum absolute atomic E-state index is 0.00249. The van der Waals surface area contributed by atoms with E-state index in [2.05, 4.69) is 16.0 Å². The normalized spacial score (nSPS) is 10.5. The van der Waals surface area contributed by atoms with Crippen molar-refractivity contribution in [1.82, 2.24) is 16.0 Å². The Hall–Kier alpha value is -2.52. The molecule has 2 amide bonds. The fraction of sp³-hybridized carbons (Fsp3) is 0.267. The van der Waals surface area contributed by atoms with Gasteiger partial charge in [-0.15, -0.1) is 0 Å². The van der Waals surface area contributed by atoms with E-state index in [-0.39, 0.29) is 5.57 Å². The Morgan fingerprint density at radius 3 is 2.55 bits per heavy atom. The lowest BCUT2D eigenvalue weighted by atomic mass is 10.2. The largest absolute Gasteiger partial charge is 0.390 e. The quantitative estimate of drug-likeness (QED) is 0.275. The van der Waals surface area contributed by atoms with Crippen molar-refractivity contribution < 1.29 is 9.59 Å². The molecular formula is C15H17ClN4O2. The van der Waals surface area contributed by atoms with Gasteiger partial charge in [0.05, 0.1) is 0 Å². The summed E-state index contributed by atoms with van der Waals surface area (Å²) < 4.78 is 0. The average Bonchev–Trinajstić information content (AvgIpc) is 2.53. The van der Waals surface area contributed by atoms with Gasteiger partial charge < -0.3 is 16.0 Å². The van der Waals surface area contributed by atoms with Crippen LogP contribution in [0.4, 0.5) is 0 Å². The fourth-order valence-corrected chi connectivity index (χ4v) is 1.68. The van der Waals surface area contributed by atoms with E-state index in [9.17, 15) is 9.59 Å². The lowest BCUT2D eigenvalue weighted by molar-refractivity contribution is -0.117. The molecule has 1 aromatic rings. The number of amides is 2. The zero-order valence-corrected chi connectivity index (χ0v) is 12.7. The first-order chi connectivity index (χ1) is 10.7. The molecule has 0 atom stereocenters. The summed E-state index contributed by atoms with van der Waals surface area (Å²) in [5, 5.41) is 17.6. The summed E-state index contributed by atoms with van der Waals surface area (Å²) in [5.41, 5.74) is 0.889. The predicted molar refractivity (Wildman–Crippen MR) is 83.7 cm³/mol. The molecule has 0 unspecified atom stereocenters. The first-order valence-electron chi connectivity index (χ1n) is 6.70. The van der Waals surface area contributed by atoms with Crippen molar-refractivity contribution >= 4 is 23.9 Å². The van der Waals surface area contributed by atoms with Crippen molar-refractivity contribution in [3.05, 3.63) is 46.6 Å². The highest BCUT2D eigenvalue weighted by atomic mass is 35.5. The Kier molecular flexibility index (Phi) is 8.16. The van der Waals surface area contributed by atoms with Gasteiger partial charge in [0, 0.05) is 30.9 Å². The molecule has 1 aromatic carbocycles. The van der Waals surface area contributed by atoms with Crippen molar-refractivity contribution in [3.8, 4) is 6.07 Å². The number of nitriles is 1. The molecule has 1 rings (SSSR count). The molecule has 22 heavy (non-hydrogen) atoms. The summed E-state index contributed by atoms with van der Waals surface area (Å²) in [5.74, 6) is -0.448. The predicted octanol–water partition coefficient (Wildman–Crippen LogP) is 1.09. The van der Waals surface area contributed by atoms with Gasteiger partial charge in [-0.1, -0.05) is 23.7 Å². The van der Waals surface area contributed by atoms with Crippen LogP contribution >= 0.6 is 11.6 Å². The Labute approximate surface area is 134 Å². The fourth-order valence-electron chi connectivity index (χ4n) is 1.55. The van der Waals surface area contributed by atoms with Gasteiger partial charge in [0.1, 0.15) is 11.6 Å². The zero-order chi connectivity index (χ0) is 16.2. The van der Waals surface area contributed by atoms with Gasteiger partial charge in [0.15, 0.2) is 0 Å². The first-order valence-corrected chi connectivity index (χ1v) is 7.08. The number of nitrogens with one attached hydrogen (secondary N) is 3. The summed E-state index contributed by atoms with van der Waals surface area (Å²) in [4.78, 5) is 21.9. The van der Waals surface area contributed by atoms with Crippen LogP contribution < -0.4 is 16.0 Å². The molecule has 0 aromatic heterocycles. The summed E-state index contributed by atoms with van der Waals surface area (Å²) in [7, 11) is 0. The second-order valence-corrected chi connectivity index (χ2v) is 4.80. The minimum atomic E-state index is -0.448. The molecular weight excluding hydrogens is 304 g/mol. The second kappa shape index (κ2) is 10.2. The maximum absolute atomic E-state index is 11.9. The minimum Gasteiger partial charge on any atom is -0.390 e. The second-order valence-electron chi connectivity index (χ2n) is 4.36. The number of halogens is 1. The van der Waals surface area contributed by atoms with E-state index in [0.717, 1.165) is 5.56 Å². The molecule has 0 saturated carbocycles. The van der Waals surface area contributed by atoms with E-state index in [1.165, 1.54) is 6.20 Å². The van der Waals surface area contributed by atoms with E-state index in [4.69, 9.17) is 16.9 Å². The number of benzene rings is 1. The number of rotatable bonds is 9. The van der Waals surface area contributed by atoms with Gasteiger partial charge >= 0.3 is 0 Å². The van der Waals surface area contributed by atoms with Gasteiger partial charge in [-0.3, -0.25) is 9.59 Å². The van der Waals surface area contributed by atoms with Crippen molar-refractivity contribution in [2.24, 2.45) is 0 Å².